The lowest BCUT2D eigenvalue weighted by Gasteiger charge is -2.04. The van der Waals surface area contributed by atoms with Gasteiger partial charge in [0.25, 0.3) is 0 Å². The van der Waals surface area contributed by atoms with E-state index in [1.165, 1.54) is 13.2 Å². The zero-order valence-corrected chi connectivity index (χ0v) is 11.5. The van der Waals surface area contributed by atoms with Gasteiger partial charge < -0.3 is 9.47 Å². The smallest absolute Gasteiger partial charge is 0.348 e. The Morgan fingerprint density at radius 1 is 1.53 bits per heavy atom. The van der Waals surface area contributed by atoms with Gasteiger partial charge in [0.2, 0.25) is 0 Å². The fourth-order valence-electron chi connectivity index (χ4n) is 1.35. The summed E-state index contributed by atoms with van der Waals surface area (Å²) in [6.45, 7) is 2.17. The zero-order valence-electron chi connectivity index (χ0n) is 10.8. The average Bonchev–Trinajstić information content (AvgIpc) is 2.42. The van der Waals surface area contributed by atoms with Gasteiger partial charge in [-0.1, -0.05) is 24.6 Å². The van der Waals surface area contributed by atoms with E-state index in [9.17, 15) is 4.79 Å². The van der Waals surface area contributed by atoms with Gasteiger partial charge in [-0.15, -0.1) is 0 Å². The highest BCUT2D eigenvalue weighted by molar-refractivity contribution is 6.32. The summed E-state index contributed by atoms with van der Waals surface area (Å²) < 4.78 is 9.93. The summed E-state index contributed by atoms with van der Waals surface area (Å²) in [6, 6.07) is 6.81. The number of methoxy groups -OCH3 is 1. The van der Waals surface area contributed by atoms with Crippen LogP contribution in [0.15, 0.2) is 23.8 Å². The second kappa shape index (κ2) is 7.45. The molecule has 1 rings (SSSR count). The minimum Gasteiger partial charge on any atom is -0.495 e. The summed E-state index contributed by atoms with van der Waals surface area (Å²) >= 11 is 5.97. The first-order valence-corrected chi connectivity index (χ1v) is 6.12. The molecule has 0 spiro atoms. The molecule has 1 aromatic rings. The number of hydrogen-bond acceptors (Lipinski definition) is 4. The Morgan fingerprint density at radius 2 is 2.26 bits per heavy atom. The fourth-order valence-corrected chi connectivity index (χ4v) is 1.61. The van der Waals surface area contributed by atoms with E-state index < -0.39 is 5.97 Å². The molecule has 0 aliphatic heterocycles. The number of ether oxygens (including phenoxy) is 2. The molecule has 0 aliphatic rings. The normalized spacial score (nSPS) is 10.7. The highest BCUT2D eigenvalue weighted by Gasteiger charge is 2.10. The maximum Gasteiger partial charge on any atom is 0.348 e. The van der Waals surface area contributed by atoms with Gasteiger partial charge in [-0.25, -0.2) is 4.79 Å². The van der Waals surface area contributed by atoms with Crippen LogP contribution in [0.4, 0.5) is 0 Å². The van der Waals surface area contributed by atoms with Crippen LogP contribution >= 0.6 is 11.6 Å². The SMILES string of the molecule is CCCOC(=O)/C(C#N)=C\c1ccc(OC)c(Cl)c1. The monoisotopic (exact) mass is 279 g/mol. The summed E-state index contributed by atoms with van der Waals surface area (Å²) in [5.74, 6) is -0.0952. The predicted octanol–water partition coefficient (Wildman–Crippen LogP) is 3.21. The molecule has 4 nitrogen and oxygen atoms in total. The number of nitriles is 1. The van der Waals surface area contributed by atoms with Crippen LogP contribution in [-0.2, 0) is 9.53 Å². The van der Waals surface area contributed by atoms with Crippen molar-refractivity contribution in [3.05, 3.63) is 34.4 Å². The van der Waals surface area contributed by atoms with Crippen molar-refractivity contribution in [2.75, 3.05) is 13.7 Å². The van der Waals surface area contributed by atoms with E-state index in [0.29, 0.717) is 29.4 Å². The average molecular weight is 280 g/mol. The van der Waals surface area contributed by atoms with Gasteiger partial charge in [0.15, 0.2) is 0 Å². The number of carbonyl (C=O) groups excluding carboxylic acids is 1. The number of esters is 1. The van der Waals surface area contributed by atoms with Crippen molar-refractivity contribution in [2.45, 2.75) is 13.3 Å². The van der Waals surface area contributed by atoms with E-state index in [4.69, 9.17) is 26.3 Å². The summed E-state index contributed by atoms with van der Waals surface area (Å²) in [4.78, 5) is 11.6. The number of nitrogens with zero attached hydrogens (tertiary/aromatic N) is 1. The van der Waals surface area contributed by atoms with Crippen LogP contribution in [0.3, 0.4) is 0 Å². The molecule has 0 aliphatic carbocycles. The maximum atomic E-state index is 11.6. The van der Waals surface area contributed by atoms with Gasteiger partial charge in [0.1, 0.15) is 17.4 Å². The molecule has 0 unspecified atom stereocenters. The van der Waals surface area contributed by atoms with E-state index in [2.05, 4.69) is 0 Å². The minimum absolute atomic E-state index is 0.0605. The first-order chi connectivity index (χ1) is 9.12. The third-order valence-electron chi connectivity index (χ3n) is 2.26. The van der Waals surface area contributed by atoms with Crippen molar-refractivity contribution in [1.29, 1.82) is 5.26 Å². The second-order valence-electron chi connectivity index (χ2n) is 3.70. The topological polar surface area (TPSA) is 59.3 Å². The molecule has 0 fully saturated rings. The van der Waals surface area contributed by atoms with Crippen molar-refractivity contribution in [3.63, 3.8) is 0 Å². The molecule has 0 radical (unpaired) electrons. The molecule has 0 heterocycles. The molecule has 0 N–H and O–H groups in total. The van der Waals surface area contributed by atoms with E-state index in [-0.39, 0.29) is 5.57 Å². The molecule has 100 valence electrons. The molecule has 0 amide bonds. The van der Waals surface area contributed by atoms with Crippen molar-refractivity contribution in [1.82, 2.24) is 0 Å². The standard InChI is InChI=1S/C14H14ClNO3/c1-3-6-19-14(17)11(9-16)7-10-4-5-13(18-2)12(15)8-10/h4-5,7-8H,3,6H2,1-2H3/b11-7-. The Hall–Kier alpha value is -1.99. The summed E-state index contributed by atoms with van der Waals surface area (Å²) in [5, 5.41) is 9.36. The lowest BCUT2D eigenvalue weighted by Crippen LogP contribution is -2.07. The molecular weight excluding hydrogens is 266 g/mol. The lowest BCUT2D eigenvalue weighted by molar-refractivity contribution is -0.138. The highest BCUT2D eigenvalue weighted by atomic mass is 35.5. The molecule has 0 saturated carbocycles. The third-order valence-corrected chi connectivity index (χ3v) is 2.56. The molecule has 0 atom stereocenters. The van der Waals surface area contributed by atoms with Gasteiger partial charge in [0, 0.05) is 0 Å². The zero-order chi connectivity index (χ0) is 14.3. The van der Waals surface area contributed by atoms with Crippen molar-refractivity contribution >= 4 is 23.6 Å². The number of rotatable bonds is 5. The number of halogens is 1. The van der Waals surface area contributed by atoms with E-state index in [1.807, 2.05) is 13.0 Å². The van der Waals surface area contributed by atoms with Crippen LogP contribution in [0.1, 0.15) is 18.9 Å². The molecule has 5 heteroatoms. The first kappa shape index (κ1) is 15.1. The summed E-state index contributed by atoms with van der Waals surface area (Å²) in [6.07, 6.45) is 2.14. The first-order valence-electron chi connectivity index (χ1n) is 5.74. The summed E-state index contributed by atoms with van der Waals surface area (Å²) in [7, 11) is 1.51. The van der Waals surface area contributed by atoms with Crippen LogP contribution in [-0.4, -0.2) is 19.7 Å². The van der Waals surface area contributed by atoms with E-state index in [1.54, 1.807) is 18.2 Å². The molecule has 0 saturated heterocycles. The van der Waals surface area contributed by atoms with Crippen LogP contribution in [0, 0.1) is 11.3 Å². The number of benzene rings is 1. The largest absolute Gasteiger partial charge is 0.495 e. The lowest BCUT2D eigenvalue weighted by atomic mass is 10.1. The maximum absolute atomic E-state index is 11.6. The molecule has 1 aromatic carbocycles. The predicted molar refractivity (Wildman–Crippen MR) is 72.8 cm³/mol. The van der Waals surface area contributed by atoms with E-state index >= 15 is 0 Å². The minimum atomic E-state index is -0.628. The van der Waals surface area contributed by atoms with Gasteiger partial charge in [-0.2, -0.15) is 5.26 Å². The van der Waals surface area contributed by atoms with Gasteiger partial charge >= 0.3 is 5.97 Å². The van der Waals surface area contributed by atoms with Crippen LogP contribution in [0.25, 0.3) is 6.08 Å². The Kier molecular flexibility index (Phi) is 5.91. The van der Waals surface area contributed by atoms with Gasteiger partial charge in [-0.3, -0.25) is 0 Å². The Bertz CT molecular complexity index is 532. The van der Waals surface area contributed by atoms with Gasteiger partial charge in [0.05, 0.1) is 18.7 Å². The molecule has 0 aromatic heterocycles. The second-order valence-corrected chi connectivity index (χ2v) is 4.11. The summed E-state index contributed by atoms with van der Waals surface area (Å²) in [5.41, 5.74) is 0.575. The fraction of sp³-hybridized carbons (Fsp3) is 0.286. The highest BCUT2D eigenvalue weighted by Crippen LogP contribution is 2.25. The molecular formula is C14H14ClNO3. The van der Waals surface area contributed by atoms with Crippen molar-refractivity contribution in [3.8, 4) is 11.8 Å². The van der Waals surface area contributed by atoms with Crippen LogP contribution in [0.2, 0.25) is 5.02 Å². The van der Waals surface area contributed by atoms with Crippen LogP contribution < -0.4 is 4.74 Å². The number of hydrogen-bond donors (Lipinski definition) is 0. The molecule has 0 bridgehead atoms. The van der Waals surface area contributed by atoms with Crippen LogP contribution in [0.5, 0.6) is 5.75 Å². The van der Waals surface area contributed by atoms with Crippen molar-refractivity contribution < 1.29 is 14.3 Å². The quantitative estimate of drug-likeness (QED) is 0.472. The van der Waals surface area contributed by atoms with E-state index in [0.717, 1.165) is 0 Å². The Labute approximate surface area is 117 Å². The van der Waals surface area contributed by atoms with Gasteiger partial charge in [-0.05, 0) is 30.2 Å². The third kappa shape index (κ3) is 4.31. The van der Waals surface area contributed by atoms with Crippen molar-refractivity contribution in [2.24, 2.45) is 0 Å². The molecule has 19 heavy (non-hydrogen) atoms. The Morgan fingerprint density at radius 3 is 2.79 bits per heavy atom. The number of carbonyl (C=O) groups is 1. The Balaban J connectivity index is 2.95.